The van der Waals surface area contributed by atoms with Crippen LogP contribution in [0.25, 0.3) is 11.4 Å². The first-order valence-electron chi connectivity index (χ1n) is 9.22. The zero-order chi connectivity index (χ0) is 16.2. The molecule has 4 rings (SSSR count). The second-order valence-corrected chi connectivity index (χ2v) is 7.11. The number of piperidine rings is 1. The fraction of sp³-hybridized carbons (Fsp3) is 0.579. The van der Waals surface area contributed by atoms with Crippen LogP contribution < -0.4 is 5.32 Å². The quantitative estimate of drug-likeness (QED) is 0.884. The number of hydrogen-bond acceptors (Lipinski definition) is 5. The molecular formula is C19H27ClN4O. The summed E-state index contributed by atoms with van der Waals surface area (Å²) in [6.07, 6.45) is 6.10. The molecule has 0 spiro atoms. The number of nitrogens with one attached hydrogen (secondary N) is 1. The number of hydrogen-bond donors (Lipinski definition) is 1. The standard InChI is InChI=1S/C19H26N4O.ClH/c1-2-9-23(10-3-1)14-16-5-4-6-17(11-16)19-21-18(24-22-19)12-15-7-8-20-13-15;/h4-6,11,15,20H,1-3,7-10,12-14H2;1H. The van der Waals surface area contributed by atoms with Crippen molar-refractivity contribution in [3.63, 3.8) is 0 Å². The lowest BCUT2D eigenvalue weighted by Gasteiger charge is -2.26. The van der Waals surface area contributed by atoms with Crippen molar-refractivity contribution in [3.8, 4) is 11.4 Å². The normalized spacial score (nSPS) is 21.2. The predicted molar refractivity (Wildman–Crippen MR) is 101 cm³/mol. The summed E-state index contributed by atoms with van der Waals surface area (Å²) in [5, 5.41) is 7.58. The largest absolute Gasteiger partial charge is 0.339 e. The molecule has 1 aromatic heterocycles. The van der Waals surface area contributed by atoms with Gasteiger partial charge in [0, 0.05) is 18.5 Å². The lowest BCUT2D eigenvalue weighted by molar-refractivity contribution is 0.221. The Morgan fingerprint density at radius 2 is 2.08 bits per heavy atom. The van der Waals surface area contributed by atoms with Gasteiger partial charge in [0.15, 0.2) is 0 Å². The van der Waals surface area contributed by atoms with E-state index < -0.39 is 0 Å². The van der Waals surface area contributed by atoms with E-state index in [1.54, 1.807) is 0 Å². The smallest absolute Gasteiger partial charge is 0.227 e. The van der Waals surface area contributed by atoms with Crippen LogP contribution in [0.1, 0.15) is 37.1 Å². The SMILES string of the molecule is Cl.c1cc(CN2CCCCC2)cc(-c2noc(CC3CCNC3)n2)c1. The van der Waals surface area contributed by atoms with E-state index in [4.69, 9.17) is 4.52 Å². The lowest BCUT2D eigenvalue weighted by atomic mass is 10.1. The maximum atomic E-state index is 5.47. The Morgan fingerprint density at radius 1 is 1.20 bits per heavy atom. The fourth-order valence-electron chi connectivity index (χ4n) is 3.78. The number of likely N-dealkylation sites (tertiary alicyclic amines) is 1. The Balaban J connectivity index is 0.00000182. The van der Waals surface area contributed by atoms with Crippen LogP contribution in [-0.2, 0) is 13.0 Å². The van der Waals surface area contributed by atoms with Gasteiger partial charge < -0.3 is 9.84 Å². The van der Waals surface area contributed by atoms with Gasteiger partial charge in [-0.3, -0.25) is 4.90 Å². The average molecular weight is 363 g/mol. The number of rotatable bonds is 5. The molecule has 0 bridgehead atoms. The summed E-state index contributed by atoms with van der Waals surface area (Å²) in [6.45, 7) is 5.61. The van der Waals surface area contributed by atoms with Crippen LogP contribution in [0.2, 0.25) is 0 Å². The molecule has 0 saturated carbocycles. The molecule has 3 heterocycles. The van der Waals surface area contributed by atoms with E-state index in [1.165, 1.54) is 44.3 Å². The van der Waals surface area contributed by atoms with Crippen molar-refractivity contribution in [2.24, 2.45) is 5.92 Å². The van der Waals surface area contributed by atoms with Crippen LogP contribution >= 0.6 is 12.4 Å². The van der Waals surface area contributed by atoms with Crippen molar-refractivity contribution in [1.82, 2.24) is 20.4 Å². The summed E-state index contributed by atoms with van der Waals surface area (Å²) in [7, 11) is 0. The molecule has 1 atom stereocenters. The van der Waals surface area contributed by atoms with Gasteiger partial charge in [0.1, 0.15) is 0 Å². The topological polar surface area (TPSA) is 54.2 Å². The molecule has 0 aliphatic carbocycles. The molecule has 25 heavy (non-hydrogen) atoms. The highest BCUT2D eigenvalue weighted by molar-refractivity contribution is 5.85. The highest BCUT2D eigenvalue weighted by atomic mass is 35.5. The Hall–Kier alpha value is -1.43. The summed E-state index contributed by atoms with van der Waals surface area (Å²) in [5.74, 6) is 2.11. The van der Waals surface area contributed by atoms with Crippen molar-refractivity contribution in [1.29, 1.82) is 0 Å². The summed E-state index contributed by atoms with van der Waals surface area (Å²) in [4.78, 5) is 7.15. The molecule has 2 aliphatic rings. The summed E-state index contributed by atoms with van der Waals surface area (Å²) in [5.41, 5.74) is 2.39. The van der Waals surface area contributed by atoms with Gasteiger partial charge in [0.25, 0.3) is 0 Å². The van der Waals surface area contributed by atoms with Gasteiger partial charge in [0.05, 0.1) is 0 Å². The first-order chi connectivity index (χ1) is 11.9. The molecular weight excluding hydrogens is 336 g/mol. The molecule has 2 fully saturated rings. The summed E-state index contributed by atoms with van der Waals surface area (Å²) in [6, 6.07) is 8.58. The molecule has 1 unspecified atom stereocenters. The van der Waals surface area contributed by atoms with E-state index in [9.17, 15) is 0 Å². The highest BCUT2D eigenvalue weighted by Gasteiger charge is 2.19. The number of aromatic nitrogens is 2. The van der Waals surface area contributed by atoms with E-state index in [2.05, 4.69) is 44.6 Å². The molecule has 2 aromatic rings. The van der Waals surface area contributed by atoms with Crippen LogP contribution in [0.5, 0.6) is 0 Å². The van der Waals surface area contributed by atoms with Crippen LogP contribution in [0.4, 0.5) is 0 Å². The summed E-state index contributed by atoms with van der Waals surface area (Å²) < 4.78 is 5.47. The van der Waals surface area contributed by atoms with Crippen LogP contribution in [0.3, 0.4) is 0 Å². The van der Waals surface area contributed by atoms with Gasteiger partial charge in [-0.05, 0) is 63.0 Å². The molecule has 2 saturated heterocycles. The van der Waals surface area contributed by atoms with Gasteiger partial charge in [-0.25, -0.2) is 0 Å². The van der Waals surface area contributed by atoms with Gasteiger partial charge in [-0.1, -0.05) is 29.8 Å². The second-order valence-electron chi connectivity index (χ2n) is 7.11. The van der Waals surface area contributed by atoms with Gasteiger partial charge in [-0.15, -0.1) is 12.4 Å². The minimum atomic E-state index is 0. The van der Waals surface area contributed by atoms with E-state index in [0.717, 1.165) is 43.3 Å². The molecule has 1 aromatic carbocycles. The Labute approximate surface area is 155 Å². The fourth-order valence-corrected chi connectivity index (χ4v) is 3.78. The maximum Gasteiger partial charge on any atom is 0.227 e. The first kappa shape index (κ1) is 18.4. The summed E-state index contributed by atoms with van der Waals surface area (Å²) >= 11 is 0. The van der Waals surface area contributed by atoms with Crippen LogP contribution in [-0.4, -0.2) is 41.2 Å². The average Bonchev–Trinajstić information content (AvgIpc) is 3.29. The number of halogens is 1. The zero-order valence-electron chi connectivity index (χ0n) is 14.6. The number of benzene rings is 1. The van der Waals surface area contributed by atoms with Gasteiger partial charge in [-0.2, -0.15) is 4.98 Å². The molecule has 6 heteroatoms. The van der Waals surface area contributed by atoms with Crippen molar-refractivity contribution in [2.45, 2.75) is 38.6 Å². The second kappa shape index (κ2) is 8.79. The molecule has 5 nitrogen and oxygen atoms in total. The molecule has 0 amide bonds. The number of nitrogens with zero attached hydrogens (tertiary/aromatic N) is 3. The third kappa shape index (κ3) is 4.81. The highest BCUT2D eigenvalue weighted by Crippen LogP contribution is 2.21. The van der Waals surface area contributed by atoms with Crippen molar-refractivity contribution in [3.05, 3.63) is 35.7 Å². The van der Waals surface area contributed by atoms with E-state index >= 15 is 0 Å². The Morgan fingerprint density at radius 3 is 2.88 bits per heavy atom. The third-order valence-corrected chi connectivity index (χ3v) is 5.13. The van der Waals surface area contributed by atoms with Gasteiger partial charge in [0.2, 0.25) is 11.7 Å². The molecule has 136 valence electrons. The van der Waals surface area contributed by atoms with E-state index in [1.807, 2.05) is 0 Å². The predicted octanol–water partition coefficient (Wildman–Crippen LogP) is 3.30. The minimum Gasteiger partial charge on any atom is -0.339 e. The lowest BCUT2D eigenvalue weighted by Crippen LogP contribution is -2.29. The first-order valence-corrected chi connectivity index (χ1v) is 9.22. The van der Waals surface area contributed by atoms with Crippen molar-refractivity contribution in [2.75, 3.05) is 26.2 Å². The molecule has 0 radical (unpaired) electrons. The Bertz CT molecular complexity index is 663. The zero-order valence-corrected chi connectivity index (χ0v) is 15.4. The molecule has 2 aliphatic heterocycles. The monoisotopic (exact) mass is 362 g/mol. The van der Waals surface area contributed by atoms with Crippen molar-refractivity contribution < 1.29 is 4.52 Å². The minimum absolute atomic E-state index is 0. The van der Waals surface area contributed by atoms with E-state index in [-0.39, 0.29) is 12.4 Å². The maximum absolute atomic E-state index is 5.47. The van der Waals surface area contributed by atoms with Crippen molar-refractivity contribution >= 4 is 12.4 Å². The van der Waals surface area contributed by atoms with Crippen LogP contribution in [0.15, 0.2) is 28.8 Å². The molecule has 1 N–H and O–H groups in total. The Kier molecular flexibility index (Phi) is 6.45. The van der Waals surface area contributed by atoms with Crippen LogP contribution in [0, 0.1) is 5.92 Å². The third-order valence-electron chi connectivity index (χ3n) is 5.13. The van der Waals surface area contributed by atoms with Gasteiger partial charge >= 0.3 is 0 Å². The van der Waals surface area contributed by atoms with E-state index in [0.29, 0.717) is 5.92 Å².